The lowest BCUT2D eigenvalue weighted by Gasteiger charge is -1.94. The summed E-state index contributed by atoms with van der Waals surface area (Å²) in [6, 6.07) is 0. The Bertz CT molecular complexity index is 145. The van der Waals surface area contributed by atoms with Crippen molar-refractivity contribution in [3.63, 3.8) is 0 Å². The van der Waals surface area contributed by atoms with Gasteiger partial charge in [-0.2, -0.15) is 0 Å². The summed E-state index contributed by atoms with van der Waals surface area (Å²) in [5.74, 6) is -0.152. The molecule has 0 aliphatic carbocycles. The highest BCUT2D eigenvalue weighted by atomic mass is 19.1. The second-order valence-electron chi connectivity index (χ2n) is 2.83. The fraction of sp³-hybridized carbons (Fsp3) is 0.600. The van der Waals surface area contributed by atoms with Gasteiger partial charge >= 0.3 is 0 Å². The molecule has 0 aliphatic heterocycles. The minimum absolute atomic E-state index is 0.152. The van der Waals surface area contributed by atoms with Crippen LogP contribution in [0.5, 0.6) is 0 Å². The largest absolute Gasteiger partial charge is 0.207 e. The van der Waals surface area contributed by atoms with Gasteiger partial charge in [0.2, 0.25) is 0 Å². The first-order valence-corrected chi connectivity index (χ1v) is 4.20. The molecule has 0 saturated heterocycles. The van der Waals surface area contributed by atoms with Crippen LogP contribution in [-0.4, -0.2) is 0 Å². The third-order valence-electron chi connectivity index (χ3n) is 1.54. The van der Waals surface area contributed by atoms with Gasteiger partial charge in [0.05, 0.1) is 0 Å². The molecule has 0 nitrogen and oxygen atoms in total. The van der Waals surface area contributed by atoms with E-state index >= 15 is 0 Å². The van der Waals surface area contributed by atoms with Crippen molar-refractivity contribution in [1.82, 2.24) is 0 Å². The molecule has 0 fully saturated rings. The quantitative estimate of drug-likeness (QED) is 0.417. The van der Waals surface area contributed by atoms with E-state index in [1.54, 1.807) is 13.0 Å². The highest BCUT2D eigenvalue weighted by Crippen LogP contribution is 2.10. The molecule has 0 unspecified atom stereocenters. The molecule has 0 aliphatic rings. The molecule has 0 aromatic rings. The molecule has 0 spiro atoms. The van der Waals surface area contributed by atoms with E-state index in [4.69, 9.17) is 0 Å². The molecule has 11 heavy (non-hydrogen) atoms. The van der Waals surface area contributed by atoms with E-state index in [2.05, 4.69) is 13.5 Å². The van der Waals surface area contributed by atoms with Gasteiger partial charge in [0.25, 0.3) is 0 Å². The summed E-state index contributed by atoms with van der Waals surface area (Å²) in [6.45, 7) is 7.33. The number of halogens is 1. The van der Waals surface area contributed by atoms with Crippen LogP contribution >= 0.6 is 0 Å². The summed E-state index contributed by atoms with van der Waals surface area (Å²) in [5.41, 5.74) is 0.529. The van der Waals surface area contributed by atoms with Crippen LogP contribution in [0.25, 0.3) is 0 Å². The van der Waals surface area contributed by atoms with Gasteiger partial charge in [0.15, 0.2) is 0 Å². The lowest BCUT2D eigenvalue weighted by atomic mass is 10.2. The Hall–Kier alpha value is -0.590. The molecule has 0 atom stereocenters. The van der Waals surface area contributed by atoms with Gasteiger partial charge in [-0.1, -0.05) is 26.3 Å². The van der Waals surface area contributed by atoms with Crippen molar-refractivity contribution in [2.24, 2.45) is 0 Å². The Morgan fingerprint density at radius 2 is 2.09 bits per heavy atom. The van der Waals surface area contributed by atoms with E-state index < -0.39 is 0 Å². The molecule has 0 rings (SSSR count). The zero-order chi connectivity index (χ0) is 8.69. The van der Waals surface area contributed by atoms with E-state index in [-0.39, 0.29) is 5.83 Å². The molecule has 0 saturated carbocycles. The number of rotatable bonds is 5. The normalized spacial score (nSPS) is 11.7. The third kappa shape index (κ3) is 5.84. The summed E-state index contributed by atoms with van der Waals surface area (Å²) in [6.07, 6.45) is 5.91. The van der Waals surface area contributed by atoms with Crippen molar-refractivity contribution in [3.8, 4) is 0 Å². The lowest BCUT2D eigenvalue weighted by molar-refractivity contribution is 0.636. The number of hydrogen-bond acceptors (Lipinski definition) is 0. The van der Waals surface area contributed by atoms with Crippen molar-refractivity contribution < 1.29 is 4.39 Å². The average Bonchev–Trinajstić information content (AvgIpc) is 1.97. The third-order valence-corrected chi connectivity index (χ3v) is 1.54. The van der Waals surface area contributed by atoms with E-state index in [1.165, 1.54) is 12.8 Å². The molecule has 1 heteroatoms. The molecule has 0 aromatic heterocycles. The van der Waals surface area contributed by atoms with Gasteiger partial charge in [0, 0.05) is 0 Å². The molecule has 0 N–H and O–H groups in total. The van der Waals surface area contributed by atoms with Crippen LogP contribution in [0.4, 0.5) is 4.39 Å². The Morgan fingerprint density at radius 3 is 2.55 bits per heavy atom. The molecule has 0 radical (unpaired) electrons. The maximum absolute atomic E-state index is 12.7. The average molecular weight is 156 g/mol. The summed E-state index contributed by atoms with van der Waals surface area (Å²) in [7, 11) is 0. The first-order valence-electron chi connectivity index (χ1n) is 4.20. The number of unbranched alkanes of at least 4 members (excludes halogenated alkanes) is 3. The maximum atomic E-state index is 12.7. The van der Waals surface area contributed by atoms with Gasteiger partial charge in [-0.25, -0.2) is 4.39 Å². The van der Waals surface area contributed by atoms with Crippen LogP contribution in [0.15, 0.2) is 24.1 Å². The van der Waals surface area contributed by atoms with E-state index in [1.807, 2.05) is 0 Å². The molecule has 0 heterocycles. The first kappa shape index (κ1) is 10.4. The highest BCUT2D eigenvalue weighted by Gasteiger charge is 1.92. The second kappa shape index (κ2) is 6.14. The van der Waals surface area contributed by atoms with E-state index in [9.17, 15) is 4.39 Å². The van der Waals surface area contributed by atoms with Crippen LogP contribution in [0.2, 0.25) is 0 Å². The van der Waals surface area contributed by atoms with Crippen LogP contribution in [0.1, 0.15) is 39.5 Å². The van der Waals surface area contributed by atoms with Crippen LogP contribution in [0, 0.1) is 0 Å². The topological polar surface area (TPSA) is 0 Å². The van der Waals surface area contributed by atoms with Crippen LogP contribution < -0.4 is 0 Å². The molecule has 64 valence electrons. The van der Waals surface area contributed by atoms with Crippen molar-refractivity contribution in [2.75, 3.05) is 0 Å². The maximum Gasteiger partial charge on any atom is 0.121 e. The zero-order valence-corrected chi connectivity index (χ0v) is 7.49. The van der Waals surface area contributed by atoms with Crippen molar-refractivity contribution in [2.45, 2.75) is 39.5 Å². The lowest BCUT2D eigenvalue weighted by Crippen LogP contribution is -1.76. The highest BCUT2D eigenvalue weighted by molar-refractivity contribution is 5.18. The summed E-state index contributed by atoms with van der Waals surface area (Å²) >= 11 is 0. The van der Waals surface area contributed by atoms with E-state index in [0.717, 1.165) is 12.8 Å². The van der Waals surface area contributed by atoms with Crippen LogP contribution in [-0.2, 0) is 0 Å². The minimum atomic E-state index is -0.152. The van der Waals surface area contributed by atoms with Crippen molar-refractivity contribution >= 4 is 0 Å². The fourth-order valence-corrected chi connectivity index (χ4v) is 0.797. The van der Waals surface area contributed by atoms with Gasteiger partial charge < -0.3 is 0 Å². The minimum Gasteiger partial charge on any atom is -0.207 e. The summed E-state index contributed by atoms with van der Waals surface area (Å²) < 4.78 is 12.7. The summed E-state index contributed by atoms with van der Waals surface area (Å²) in [4.78, 5) is 0. The SMILES string of the molecule is C=C(C)/C(F)=C/CCCCC. The predicted octanol–water partition coefficient (Wildman–Crippen LogP) is 4.00. The Balaban J connectivity index is 3.48. The van der Waals surface area contributed by atoms with Crippen molar-refractivity contribution in [3.05, 3.63) is 24.1 Å². The predicted molar refractivity (Wildman–Crippen MR) is 48.1 cm³/mol. The Kier molecular flexibility index (Phi) is 5.81. The van der Waals surface area contributed by atoms with Gasteiger partial charge in [-0.3, -0.25) is 0 Å². The monoisotopic (exact) mass is 156 g/mol. The Morgan fingerprint density at radius 1 is 1.45 bits per heavy atom. The number of allylic oxidation sites excluding steroid dienone is 3. The van der Waals surface area contributed by atoms with Gasteiger partial charge in [0.1, 0.15) is 5.83 Å². The Labute approximate surface area is 68.8 Å². The van der Waals surface area contributed by atoms with Crippen molar-refractivity contribution in [1.29, 1.82) is 0 Å². The molecule has 0 aromatic carbocycles. The summed E-state index contributed by atoms with van der Waals surface area (Å²) in [5, 5.41) is 0. The first-order chi connectivity index (χ1) is 5.18. The molecule has 0 bridgehead atoms. The molecule has 0 amide bonds. The number of hydrogen-bond donors (Lipinski definition) is 0. The molecular formula is C10H17F. The standard InChI is InChI=1S/C10H17F/c1-4-5-6-7-8-10(11)9(2)3/h8H,2,4-7H2,1,3H3/b10-8-. The fourth-order valence-electron chi connectivity index (χ4n) is 0.797. The van der Waals surface area contributed by atoms with Gasteiger partial charge in [-0.05, 0) is 31.4 Å². The zero-order valence-electron chi connectivity index (χ0n) is 7.49. The molecular weight excluding hydrogens is 139 g/mol. The van der Waals surface area contributed by atoms with Gasteiger partial charge in [-0.15, -0.1) is 0 Å². The van der Waals surface area contributed by atoms with Crippen LogP contribution in [0.3, 0.4) is 0 Å². The van der Waals surface area contributed by atoms with E-state index in [0.29, 0.717) is 5.57 Å². The smallest absolute Gasteiger partial charge is 0.121 e. The second-order valence-corrected chi connectivity index (χ2v) is 2.83.